The number of halogens is 2. The van der Waals surface area contributed by atoms with Crippen molar-refractivity contribution in [3.05, 3.63) is 35.4 Å². The van der Waals surface area contributed by atoms with E-state index in [2.05, 4.69) is 17.4 Å². The van der Waals surface area contributed by atoms with Crippen LogP contribution in [0, 0.1) is 5.92 Å². The molecule has 1 unspecified atom stereocenters. The molecule has 0 spiro atoms. The topological polar surface area (TPSA) is 29.1 Å². The van der Waals surface area contributed by atoms with Crippen LogP contribution in [0.1, 0.15) is 24.0 Å². The summed E-state index contributed by atoms with van der Waals surface area (Å²) in [5, 5.41) is 2.86. The fourth-order valence-corrected chi connectivity index (χ4v) is 2.66. The summed E-state index contributed by atoms with van der Waals surface area (Å²) in [6, 6.07) is 8.14. The zero-order valence-corrected chi connectivity index (χ0v) is 9.96. The second-order valence-electron chi connectivity index (χ2n) is 5.31. The van der Waals surface area contributed by atoms with Crippen LogP contribution in [0.4, 0.5) is 8.78 Å². The molecule has 2 aliphatic rings. The van der Waals surface area contributed by atoms with Gasteiger partial charge >= 0.3 is 0 Å². The Morgan fingerprint density at radius 3 is 2.33 bits per heavy atom. The molecule has 96 valence electrons. The van der Waals surface area contributed by atoms with Crippen LogP contribution >= 0.6 is 0 Å². The van der Waals surface area contributed by atoms with E-state index in [9.17, 15) is 13.6 Å². The molecule has 3 rings (SSSR count). The Morgan fingerprint density at radius 1 is 1.28 bits per heavy atom. The van der Waals surface area contributed by atoms with E-state index in [1.165, 1.54) is 11.1 Å². The van der Waals surface area contributed by atoms with Crippen LogP contribution in [0.5, 0.6) is 0 Å². The van der Waals surface area contributed by atoms with Crippen molar-refractivity contribution in [2.45, 2.75) is 37.6 Å². The van der Waals surface area contributed by atoms with E-state index >= 15 is 0 Å². The van der Waals surface area contributed by atoms with Crippen molar-refractivity contribution < 1.29 is 13.6 Å². The highest BCUT2D eigenvalue weighted by Crippen LogP contribution is 2.50. The normalized spacial score (nSPS) is 24.7. The first-order chi connectivity index (χ1) is 8.54. The molecule has 1 aromatic rings. The average Bonchev–Trinajstić information content (AvgIpc) is 2.73. The van der Waals surface area contributed by atoms with Crippen molar-refractivity contribution in [2.24, 2.45) is 5.92 Å². The number of hydrogen-bond acceptors (Lipinski definition) is 1. The fourth-order valence-electron chi connectivity index (χ4n) is 2.66. The number of carbonyl (C=O) groups excluding carboxylic acids is 1. The summed E-state index contributed by atoms with van der Waals surface area (Å²) in [4.78, 5) is 11.6. The Kier molecular flexibility index (Phi) is 2.61. The summed E-state index contributed by atoms with van der Waals surface area (Å²) in [6.45, 7) is 0. The Balaban J connectivity index is 1.52. The van der Waals surface area contributed by atoms with Gasteiger partial charge in [-0.05, 0) is 24.0 Å². The maximum absolute atomic E-state index is 12.7. The maximum atomic E-state index is 12.7. The molecule has 1 amide bonds. The highest BCUT2D eigenvalue weighted by molar-refractivity contribution is 5.77. The average molecular weight is 251 g/mol. The van der Waals surface area contributed by atoms with Crippen molar-refractivity contribution in [3.63, 3.8) is 0 Å². The number of benzene rings is 1. The molecule has 1 aromatic carbocycles. The number of rotatable bonds is 3. The summed E-state index contributed by atoms with van der Waals surface area (Å²) in [5.41, 5.74) is 2.50. The van der Waals surface area contributed by atoms with E-state index in [1.807, 2.05) is 12.1 Å². The first kappa shape index (κ1) is 11.6. The first-order valence-electron chi connectivity index (χ1n) is 6.28. The van der Waals surface area contributed by atoms with E-state index in [0.29, 0.717) is 0 Å². The first-order valence-corrected chi connectivity index (χ1v) is 6.28. The molecule has 2 nitrogen and oxygen atoms in total. The van der Waals surface area contributed by atoms with E-state index in [1.54, 1.807) is 0 Å². The van der Waals surface area contributed by atoms with Gasteiger partial charge in [-0.2, -0.15) is 0 Å². The van der Waals surface area contributed by atoms with Crippen molar-refractivity contribution >= 4 is 5.91 Å². The molecule has 0 aliphatic heterocycles. The number of hydrogen-bond donors (Lipinski definition) is 1. The van der Waals surface area contributed by atoms with Gasteiger partial charge in [0.15, 0.2) is 0 Å². The Labute approximate surface area is 104 Å². The number of carbonyl (C=O) groups is 1. The lowest BCUT2D eigenvalue weighted by Gasteiger charge is -2.11. The molecule has 1 N–H and O–H groups in total. The van der Waals surface area contributed by atoms with Crippen LogP contribution in [-0.2, 0) is 17.6 Å². The van der Waals surface area contributed by atoms with E-state index in [4.69, 9.17) is 0 Å². The number of alkyl halides is 2. The highest BCUT2D eigenvalue weighted by Gasteiger charge is 2.57. The van der Waals surface area contributed by atoms with Crippen molar-refractivity contribution in [1.82, 2.24) is 5.32 Å². The van der Waals surface area contributed by atoms with Crippen molar-refractivity contribution in [1.29, 1.82) is 0 Å². The van der Waals surface area contributed by atoms with Gasteiger partial charge in [0.1, 0.15) is 0 Å². The van der Waals surface area contributed by atoms with Gasteiger partial charge in [-0.25, -0.2) is 8.78 Å². The molecule has 0 saturated heterocycles. The van der Waals surface area contributed by atoms with Gasteiger partial charge in [-0.15, -0.1) is 0 Å². The van der Waals surface area contributed by atoms with Gasteiger partial charge in [0.2, 0.25) is 5.91 Å². The molecule has 1 fully saturated rings. The smallest absolute Gasteiger partial charge is 0.252 e. The van der Waals surface area contributed by atoms with Gasteiger partial charge in [0.25, 0.3) is 5.92 Å². The van der Waals surface area contributed by atoms with E-state index < -0.39 is 11.8 Å². The zero-order valence-electron chi connectivity index (χ0n) is 9.96. The van der Waals surface area contributed by atoms with Gasteiger partial charge in [0.05, 0.1) is 0 Å². The van der Waals surface area contributed by atoms with Gasteiger partial charge < -0.3 is 5.32 Å². The number of fused-ring (bicyclic) bond motifs is 1. The molecule has 0 radical (unpaired) electrons. The molecule has 2 aliphatic carbocycles. The van der Waals surface area contributed by atoms with E-state index in [-0.39, 0.29) is 24.8 Å². The highest BCUT2D eigenvalue weighted by atomic mass is 19.3. The SMILES string of the molecule is O=C(CC1CC1(F)F)NC1Cc2ccccc2C1. The van der Waals surface area contributed by atoms with Crippen LogP contribution in [0.3, 0.4) is 0 Å². The van der Waals surface area contributed by atoms with Crippen LogP contribution in [0.25, 0.3) is 0 Å². The predicted molar refractivity (Wildman–Crippen MR) is 63.5 cm³/mol. The third kappa shape index (κ3) is 2.24. The standard InChI is InChI=1S/C14H15F2NO/c15-14(16)8-11(14)7-13(18)17-12-5-9-3-1-2-4-10(9)6-12/h1-4,11-12H,5-8H2,(H,17,18). The molecule has 1 atom stereocenters. The summed E-state index contributed by atoms with van der Waals surface area (Å²) < 4.78 is 25.4. The van der Waals surface area contributed by atoms with Crippen molar-refractivity contribution in [3.8, 4) is 0 Å². The molecule has 4 heteroatoms. The largest absolute Gasteiger partial charge is 0.353 e. The lowest BCUT2D eigenvalue weighted by atomic mass is 10.1. The lowest BCUT2D eigenvalue weighted by molar-refractivity contribution is -0.122. The van der Waals surface area contributed by atoms with Crippen LogP contribution < -0.4 is 5.32 Å². The minimum absolute atomic E-state index is 0.0418. The fraction of sp³-hybridized carbons (Fsp3) is 0.500. The van der Waals surface area contributed by atoms with Crippen LogP contribution in [0.2, 0.25) is 0 Å². The van der Waals surface area contributed by atoms with Gasteiger partial charge in [-0.3, -0.25) is 4.79 Å². The van der Waals surface area contributed by atoms with Crippen molar-refractivity contribution in [2.75, 3.05) is 0 Å². The summed E-state index contributed by atoms with van der Waals surface area (Å²) in [6.07, 6.45) is 1.44. The maximum Gasteiger partial charge on any atom is 0.252 e. The van der Waals surface area contributed by atoms with E-state index in [0.717, 1.165) is 12.8 Å². The Hall–Kier alpha value is -1.45. The Morgan fingerprint density at radius 2 is 1.83 bits per heavy atom. The Bertz CT molecular complexity index is 461. The molecular formula is C14H15F2NO. The summed E-state index contributed by atoms with van der Waals surface area (Å²) >= 11 is 0. The van der Waals surface area contributed by atoms with Gasteiger partial charge in [-0.1, -0.05) is 24.3 Å². The third-order valence-electron chi connectivity index (χ3n) is 3.80. The molecule has 1 saturated carbocycles. The predicted octanol–water partition coefficient (Wildman–Crippen LogP) is 2.32. The minimum Gasteiger partial charge on any atom is -0.353 e. The molecule has 0 aromatic heterocycles. The summed E-state index contributed by atoms with van der Waals surface area (Å²) in [7, 11) is 0. The molecular weight excluding hydrogens is 236 g/mol. The molecule has 18 heavy (non-hydrogen) atoms. The number of amides is 1. The van der Waals surface area contributed by atoms with Crippen LogP contribution in [-0.4, -0.2) is 17.9 Å². The summed E-state index contributed by atoms with van der Waals surface area (Å²) in [5.74, 6) is -3.58. The zero-order chi connectivity index (χ0) is 12.8. The number of nitrogens with one attached hydrogen (secondary N) is 1. The molecule has 0 bridgehead atoms. The monoisotopic (exact) mass is 251 g/mol. The van der Waals surface area contributed by atoms with Gasteiger partial charge in [0, 0.05) is 24.8 Å². The minimum atomic E-state index is -2.60. The second-order valence-corrected chi connectivity index (χ2v) is 5.31. The van der Waals surface area contributed by atoms with Crippen LogP contribution in [0.15, 0.2) is 24.3 Å². The third-order valence-corrected chi connectivity index (χ3v) is 3.80. The lowest BCUT2D eigenvalue weighted by Crippen LogP contribution is -2.35. The quantitative estimate of drug-likeness (QED) is 0.877. The second kappa shape index (κ2) is 4.04. The molecule has 0 heterocycles.